The van der Waals surface area contributed by atoms with Crippen LogP contribution in [0.4, 0.5) is 0 Å². The van der Waals surface area contributed by atoms with E-state index in [1.807, 2.05) is 32.9 Å². The van der Waals surface area contributed by atoms with Crippen LogP contribution in [0.3, 0.4) is 0 Å². The topological polar surface area (TPSA) is 67.5 Å². The van der Waals surface area contributed by atoms with Crippen LogP contribution in [0.5, 0.6) is 0 Å². The minimum atomic E-state index is -1.27. The SMILES string of the molecule is CC(C)(C)c1cccc2cc(C(=O)O)c(=O)oc12. The van der Waals surface area contributed by atoms with E-state index >= 15 is 0 Å². The van der Waals surface area contributed by atoms with Crippen molar-refractivity contribution < 1.29 is 14.3 Å². The molecule has 0 aliphatic heterocycles. The van der Waals surface area contributed by atoms with Gasteiger partial charge in [0.1, 0.15) is 11.1 Å². The highest BCUT2D eigenvalue weighted by Crippen LogP contribution is 2.29. The lowest BCUT2D eigenvalue weighted by Crippen LogP contribution is -2.16. The minimum absolute atomic E-state index is 0.180. The molecule has 0 amide bonds. The summed E-state index contributed by atoms with van der Waals surface area (Å²) in [5, 5.41) is 9.52. The van der Waals surface area contributed by atoms with Crippen molar-refractivity contribution >= 4 is 16.9 Å². The Bertz CT molecular complexity index is 674. The Morgan fingerprint density at radius 3 is 2.50 bits per heavy atom. The van der Waals surface area contributed by atoms with Gasteiger partial charge in [-0.05, 0) is 11.5 Å². The first-order chi connectivity index (χ1) is 8.30. The number of aromatic carboxylic acids is 1. The van der Waals surface area contributed by atoms with Crippen LogP contribution in [-0.2, 0) is 5.41 Å². The van der Waals surface area contributed by atoms with E-state index in [2.05, 4.69) is 0 Å². The first-order valence-corrected chi connectivity index (χ1v) is 5.61. The molecule has 0 saturated carbocycles. The standard InChI is InChI=1S/C14H14O4/c1-14(2,3)10-6-4-5-8-7-9(12(15)16)13(17)18-11(8)10/h4-7H,1-3H3,(H,15,16). The van der Waals surface area contributed by atoms with Crippen molar-refractivity contribution in [3.63, 3.8) is 0 Å². The molecule has 1 aromatic carbocycles. The van der Waals surface area contributed by atoms with E-state index < -0.39 is 11.6 Å². The Hall–Kier alpha value is -2.10. The van der Waals surface area contributed by atoms with Gasteiger partial charge in [-0.1, -0.05) is 39.0 Å². The molecule has 4 nitrogen and oxygen atoms in total. The molecule has 0 atom stereocenters. The van der Waals surface area contributed by atoms with Gasteiger partial charge in [-0.3, -0.25) is 0 Å². The Kier molecular flexibility index (Phi) is 2.73. The lowest BCUT2D eigenvalue weighted by Gasteiger charge is -2.19. The Morgan fingerprint density at radius 2 is 1.94 bits per heavy atom. The molecule has 1 N–H and O–H groups in total. The molecule has 1 aromatic heterocycles. The fourth-order valence-electron chi connectivity index (χ4n) is 1.88. The molecule has 0 spiro atoms. The quantitative estimate of drug-likeness (QED) is 0.785. The average Bonchev–Trinajstić information content (AvgIpc) is 2.25. The van der Waals surface area contributed by atoms with Gasteiger partial charge in [0, 0.05) is 10.9 Å². The first kappa shape index (κ1) is 12.4. The van der Waals surface area contributed by atoms with Crippen molar-refractivity contribution in [2.24, 2.45) is 0 Å². The summed E-state index contributed by atoms with van der Waals surface area (Å²) >= 11 is 0. The third kappa shape index (κ3) is 2.01. The second kappa shape index (κ2) is 3.98. The Labute approximate surface area is 104 Å². The van der Waals surface area contributed by atoms with E-state index in [4.69, 9.17) is 9.52 Å². The maximum absolute atomic E-state index is 11.6. The molecule has 18 heavy (non-hydrogen) atoms. The van der Waals surface area contributed by atoms with Crippen LogP contribution in [0.15, 0.2) is 33.5 Å². The molecule has 0 saturated heterocycles. The second-order valence-electron chi connectivity index (χ2n) is 5.23. The molecule has 1 heterocycles. The van der Waals surface area contributed by atoms with Gasteiger partial charge in [-0.15, -0.1) is 0 Å². The number of carbonyl (C=O) groups is 1. The van der Waals surface area contributed by atoms with Gasteiger partial charge in [0.25, 0.3) is 0 Å². The van der Waals surface area contributed by atoms with Crippen LogP contribution in [0, 0.1) is 0 Å². The number of rotatable bonds is 1. The summed E-state index contributed by atoms with van der Waals surface area (Å²) in [4.78, 5) is 22.5. The molecule has 2 rings (SSSR count). The summed E-state index contributed by atoms with van der Waals surface area (Å²) in [6, 6.07) is 6.80. The van der Waals surface area contributed by atoms with Gasteiger partial charge in [-0.25, -0.2) is 9.59 Å². The normalized spacial score (nSPS) is 11.7. The molecule has 0 unspecified atom stereocenters. The zero-order valence-corrected chi connectivity index (χ0v) is 10.5. The molecule has 4 heteroatoms. The average molecular weight is 246 g/mol. The molecule has 0 fully saturated rings. The maximum Gasteiger partial charge on any atom is 0.351 e. The van der Waals surface area contributed by atoms with Crippen LogP contribution in [0.2, 0.25) is 0 Å². The molecule has 0 aliphatic rings. The number of hydrogen-bond donors (Lipinski definition) is 1. The van der Waals surface area contributed by atoms with Gasteiger partial charge in [0.05, 0.1) is 0 Å². The lowest BCUT2D eigenvalue weighted by molar-refractivity contribution is 0.0692. The van der Waals surface area contributed by atoms with E-state index in [-0.39, 0.29) is 11.0 Å². The van der Waals surface area contributed by atoms with Crippen molar-refractivity contribution in [1.29, 1.82) is 0 Å². The minimum Gasteiger partial charge on any atom is -0.477 e. The van der Waals surface area contributed by atoms with Crippen molar-refractivity contribution in [3.8, 4) is 0 Å². The highest BCUT2D eigenvalue weighted by molar-refractivity contribution is 5.92. The van der Waals surface area contributed by atoms with Gasteiger partial charge < -0.3 is 9.52 Å². The van der Waals surface area contributed by atoms with E-state index in [9.17, 15) is 9.59 Å². The molecular formula is C14H14O4. The zero-order chi connectivity index (χ0) is 13.5. The fourth-order valence-corrected chi connectivity index (χ4v) is 1.88. The number of fused-ring (bicyclic) bond motifs is 1. The molecule has 94 valence electrons. The number of carboxylic acid groups (broad SMARTS) is 1. The van der Waals surface area contributed by atoms with Crippen molar-refractivity contribution in [2.75, 3.05) is 0 Å². The predicted molar refractivity (Wildman–Crippen MR) is 68.1 cm³/mol. The number of benzene rings is 1. The number of carboxylic acids is 1. The summed E-state index contributed by atoms with van der Waals surface area (Å²) < 4.78 is 5.18. The highest BCUT2D eigenvalue weighted by Gasteiger charge is 2.20. The number of hydrogen-bond acceptors (Lipinski definition) is 3. The summed E-state index contributed by atoms with van der Waals surface area (Å²) in [6.45, 7) is 6.02. The lowest BCUT2D eigenvalue weighted by atomic mass is 9.86. The third-order valence-corrected chi connectivity index (χ3v) is 2.80. The third-order valence-electron chi connectivity index (χ3n) is 2.80. The highest BCUT2D eigenvalue weighted by atomic mass is 16.4. The van der Waals surface area contributed by atoms with Gasteiger partial charge in [0.2, 0.25) is 0 Å². The summed E-state index contributed by atoms with van der Waals surface area (Å²) in [5.74, 6) is -1.27. The number of para-hydroxylation sites is 1. The molecule has 0 aliphatic carbocycles. The molecular weight excluding hydrogens is 232 g/mol. The first-order valence-electron chi connectivity index (χ1n) is 5.61. The maximum atomic E-state index is 11.6. The van der Waals surface area contributed by atoms with Crippen molar-refractivity contribution in [1.82, 2.24) is 0 Å². The smallest absolute Gasteiger partial charge is 0.351 e. The van der Waals surface area contributed by atoms with E-state index in [1.54, 1.807) is 6.07 Å². The fraction of sp³-hybridized carbons (Fsp3) is 0.286. The summed E-state index contributed by atoms with van der Waals surface area (Å²) in [7, 11) is 0. The van der Waals surface area contributed by atoms with Gasteiger partial charge in [-0.2, -0.15) is 0 Å². The largest absolute Gasteiger partial charge is 0.477 e. The zero-order valence-electron chi connectivity index (χ0n) is 10.5. The summed E-state index contributed by atoms with van der Waals surface area (Å²) in [6.07, 6.45) is 0. The van der Waals surface area contributed by atoms with Crippen LogP contribution >= 0.6 is 0 Å². The predicted octanol–water partition coefficient (Wildman–Crippen LogP) is 2.79. The second-order valence-corrected chi connectivity index (χ2v) is 5.23. The Balaban J connectivity index is 2.85. The Morgan fingerprint density at radius 1 is 1.28 bits per heavy atom. The van der Waals surface area contributed by atoms with Crippen molar-refractivity contribution in [3.05, 3.63) is 45.8 Å². The van der Waals surface area contributed by atoms with Crippen LogP contribution in [0.25, 0.3) is 11.0 Å². The van der Waals surface area contributed by atoms with Gasteiger partial charge in [0.15, 0.2) is 0 Å². The van der Waals surface area contributed by atoms with Gasteiger partial charge >= 0.3 is 11.6 Å². The van der Waals surface area contributed by atoms with E-state index in [1.165, 1.54) is 6.07 Å². The van der Waals surface area contributed by atoms with E-state index in [0.29, 0.717) is 11.0 Å². The molecule has 2 aromatic rings. The van der Waals surface area contributed by atoms with Crippen LogP contribution in [-0.4, -0.2) is 11.1 Å². The summed E-state index contributed by atoms with van der Waals surface area (Å²) in [5.41, 5.74) is 0.00880. The molecule has 0 bridgehead atoms. The monoisotopic (exact) mass is 246 g/mol. The van der Waals surface area contributed by atoms with Crippen LogP contribution in [0.1, 0.15) is 36.7 Å². The van der Waals surface area contributed by atoms with Crippen molar-refractivity contribution in [2.45, 2.75) is 26.2 Å². The molecule has 0 radical (unpaired) electrons. The van der Waals surface area contributed by atoms with Crippen LogP contribution < -0.4 is 5.63 Å². The van der Waals surface area contributed by atoms with E-state index in [0.717, 1.165) is 5.56 Å².